The van der Waals surface area contributed by atoms with Crippen LogP contribution in [0.1, 0.15) is 21.6 Å². The molecule has 4 nitrogen and oxygen atoms in total. The lowest BCUT2D eigenvalue weighted by atomic mass is 10.2. The molecular formula is C21H22N2O2S. The predicted octanol–water partition coefficient (Wildman–Crippen LogP) is 4.58. The summed E-state index contributed by atoms with van der Waals surface area (Å²) in [6, 6.07) is 16.0. The van der Waals surface area contributed by atoms with E-state index in [1.165, 1.54) is 22.5 Å². The third-order valence-corrected chi connectivity index (χ3v) is 4.98. The minimum absolute atomic E-state index is 0.0906. The number of rotatable bonds is 6. The summed E-state index contributed by atoms with van der Waals surface area (Å²) in [4.78, 5) is 18.7. The first kappa shape index (κ1) is 18.1. The lowest BCUT2D eigenvalue weighted by molar-refractivity contribution is 0.0769. The molecule has 0 fully saturated rings. The number of amides is 1. The second-order valence-corrected chi connectivity index (χ2v) is 7.15. The highest BCUT2D eigenvalue weighted by Crippen LogP contribution is 2.24. The van der Waals surface area contributed by atoms with Gasteiger partial charge >= 0.3 is 0 Å². The molecule has 0 aliphatic carbocycles. The summed E-state index contributed by atoms with van der Waals surface area (Å²) in [5.74, 6) is 0.721. The molecule has 3 aromatic rings. The quantitative estimate of drug-likeness (QED) is 0.641. The van der Waals surface area contributed by atoms with Gasteiger partial charge in [-0.3, -0.25) is 4.79 Å². The van der Waals surface area contributed by atoms with Crippen molar-refractivity contribution in [2.45, 2.75) is 13.8 Å². The zero-order valence-corrected chi connectivity index (χ0v) is 16.0. The maximum absolute atomic E-state index is 12.5. The van der Waals surface area contributed by atoms with Gasteiger partial charge in [-0.15, -0.1) is 11.3 Å². The molecule has 134 valence electrons. The highest BCUT2D eigenvalue weighted by molar-refractivity contribution is 7.13. The van der Waals surface area contributed by atoms with Crippen molar-refractivity contribution in [3.05, 3.63) is 70.7 Å². The van der Waals surface area contributed by atoms with E-state index < -0.39 is 0 Å². The lowest BCUT2D eigenvalue weighted by Gasteiger charge is -2.16. The van der Waals surface area contributed by atoms with E-state index in [4.69, 9.17) is 4.74 Å². The highest BCUT2D eigenvalue weighted by atomic mass is 32.1. The van der Waals surface area contributed by atoms with E-state index in [-0.39, 0.29) is 5.91 Å². The summed E-state index contributed by atoms with van der Waals surface area (Å²) in [6.45, 7) is 5.04. The lowest BCUT2D eigenvalue weighted by Crippen LogP contribution is -2.31. The second-order valence-electron chi connectivity index (χ2n) is 6.29. The highest BCUT2D eigenvalue weighted by Gasteiger charge is 2.16. The molecular weight excluding hydrogens is 344 g/mol. The van der Waals surface area contributed by atoms with E-state index in [0.717, 1.165) is 16.3 Å². The maximum Gasteiger partial charge on any atom is 0.273 e. The molecule has 0 N–H and O–H groups in total. The summed E-state index contributed by atoms with van der Waals surface area (Å²) in [6.07, 6.45) is 0. The van der Waals surface area contributed by atoms with Crippen molar-refractivity contribution in [2.75, 3.05) is 20.2 Å². The Morgan fingerprint density at radius 1 is 1.04 bits per heavy atom. The number of aryl methyl sites for hydroxylation is 2. The van der Waals surface area contributed by atoms with Crippen LogP contribution >= 0.6 is 11.3 Å². The van der Waals surface area contributed by atoms with Crippen LogP contribution in [-0.4, -0.2) is 36.0 Å². The Morgan fingerprint density at radius 3 is 2.31 bits per heavy atom. The predicted molar refractivity (Wildman–Crippen MR) is 106 cm³/mol. The van der Waals surface area contributed by atoms with Crippen LogP contribution in [0.25, 0.3) is 10.6 Å². The molecule has 5 heteroatoms. The van der Waals surface area contributed by atoms with Crippen LogP contribution in [0.15, 0.2) is 53.9 Å². The fraction of sp³-hybridized carbons (Fsp3) is 0.238. The molecule has 1 aromatic heterocycles. The Hall–Kier alpha value is -2.66. The summed E-state index contributed by atoms with van der Waals surface area (Å²) in [5.41, 5.74) is 3.90. The summed E-state index contributed by atoms with van der Waals surface area (Å²) in [5, 5.41) is 2.67. The van der Waals surface area contributed by atoms with Gasteiger partial charge in [0.05, 0.1) is 6.54 Å². The number of carbonyl (C=O) groups excluding carboxylic acids is 1. The van der Waals surface area contributed by atoms with Crippen molar-refractivity contribution in [1.29, 1.82) is 0 Å². The van der Waals surface area contributed by atoms with Crippen molar-refractivity contribution in [1.82, 2.24) is 9.88 Å². The van der Waals surface area contributed by atoms with Crippen LogP contribution in [0.3, 0.4) is 0 Å². The Balaban J connectivity index is 1.56. The fourth-order valence-corrected chi connectivity index (χ4v) is 3.23. The molecule has 0 bridgehead atoms. The first-order valence-corrected chi connectivity index (χ1v) is 9.38. The zero-order chi connectivity index (χ0) is 18.5. The fourth-order valence-electron chi connectivity index (χ4n) is 2.43. The average Bonchev–Trinajstić information content (AvgIpc) is 3.13. The Labute approximate surface area is 158 Å². The Bertz CT molecular complexity index is 870. The summed E-state index contributed by atoms with van der Waals surface area (Å²) < 4.78 is 5.69. The average molecular weight is 366 g/mol. The summed E-state index contributed by atoms with van der Waals surface area (Å²) >= 11 is 1.49. The monoisotopic (exact) mass is 366 g/mol. The molecule has 0 atom stereocenters. The first-order chi connectivity index (χ1) is 12.5. The van der Waals surface area contributed by atoms with Gasteiger partial charge in [0.1, 0.15) is 23.1 Å². The minimum Gasteiger partial charge on any atom is -0.492 e. The Morgan fingerprint density at radius 2 is 1.65 bits per heavy atom. The first-order valence-electron chi connectivity index (χ1n) is 8.50. The minimum atomic E-state index is -0.0906. The molecule has 1 amide bonds. The molecule has 0 radical (unpaired) electrons. The standard InChI is InChI=1S/C21H22N2O2S/c1-15-4-8-17(9-5-15)20-22-19(14-26-20)21(24)23(3)12-13-25-18-10-6-16(2)7-11-18/h4-11,14H,12-13H2,1-3H3. The van der Waals surface area contributed by atoms with E-state index in [1.807, 2.05) is 67.8 Å². The maximum atomic E-state index is 12.5. The van der Waals surface area contributed by atoms with Gasteiger partial charge in [0, 0.05) is 18.0 Å². The number of hydrogen-bond donors (Lipinski definition) is 0. The molecule has 0 spiro atoms. The van der Waals surface area contributed by atoms with Crippen molar-refractivity contribution in [3.8, 4) is 16.3 Å². The molecule has 0 saturated carbocycles. The van der Waals surface area contributed by atoms with E-state index in [0.29, 0.717) is 18.8 Å². The Kier molecular flexibility index (Phi) is 5.68. The van der Waals surface area contributed by atoms with E-state index in [2.05, 4.69) is 4.98 Å². The van der Waals surface area contributed by atoms with Gasteiger partial charge in [0.2, 0.25) is 0 Å². The normalized spacial score (nSPS) is 10.6. The number of nitrogens with zero attached hydrogens (tertiary/aromatic N) is 2. The van der Waals surface area contributed by atoms with Crippen molar-refractivity contribution in [2.24, 2.45) is 0 Å². The molecule has 0 unspecified atom stereocenters. The number of benzene rings is 2. The zero-order valence-electron chi connectivity index (χ0n) is 15.2. The number of hydrogen-bond acceptors (Lipinski definition) is 4. The largest absolute Gasteiger partial charge is 0.492 e. The number of thiazole rings is 1. The third kappa shape index (κ3) is 4.49. The van der Waals surface area contributed by atoms with Gasteiger partial charge in [0.25, 0.3) is 5.91 Å². The van der Waals surface area contributed by atoms with Gasteiger partial charge in [-0.2, -0.15) is 0 Å². The van der Waals surface area contributed by atoms with Gasteiger partial charge in [-0.1, -0.05) is 47.5 Å². The van der Waals surface area contributed by atoms with Crippen LogP contribution in [0.4, 0.5) is 0 Å². The smallest absolute Gasteiger partial charge is 0.273 e. The number of aromatic nitrogens is 1. The van der Waals surface area contributed by atoms with E-state index >= 15 is 0 Å². The van der Waals surface area contributed by atoms with Gasteiger partial charge in [-0.25, -0.2) is 4.98 Å². The topological polar surface area (TPSA) is 42.4 Å². The van der Waals surface area contributed by atoms with Crippen molar-refractivity contribution in [3.63, 3.8) is 0 Å². The third-order valence-electron chi connectivity index (χ3n) is 4.08. The van der Waals surface area contributed by atoms with Crippen LogP contribution in [0.2, 0.25) is 0 Å². The molecule has 0 saturated heterocycles. The number of likely N-dealkylation sites (N-methyl/N-ethyl adjacent to an activating group) is 1. The van der Waals surface area contributed by atoms with Gasteiger partial charge in [0.15, 0.2) is 0 Å². The molecule has 3 rings (SSSR count). The molecule has 26 heavy (non-hydrogen) atoms. The van der Waals surface area contributed by atoms with Crippen LogP contribution in [-0.2, 0) is 0 Å². The van der Waals surface area contributed by atoms with Crippen molar-refractivity contribution < 1.29 is 9.53 Å². The summed E-state index contributed by atoms with van der Waals surface area (Å²) in [7, 11) is 1.77. The van der Waals surface area contributed by atoms with Gasteiger partial charge < -0.3 is 9.64 Å². The number of ether oxygens (including phenoxy) is 1. The van der Waals surface area contributed by atoms with E-state index in [1.54, 1.807) is 11.9 Å². The van der Waals surface area contributed by atoms with Gasteiger partial charge in [-0.05, 0) is 26.0 Å². The van der Waals surface area contributed by atoms with Crippen LogP contribution < -0.4 is 4.74 Å². The molecule has 1 heterocycles. The van der Waals surface area contributed by atoms with Crippen molar-refractivity contribution >= 4 is 17.2 Å². The number of carbonyl (C=O) groups is 1. The molecule has 2 aromatic carbocycles. The van der Waals surface area contributed by atoms with E-state index in [9.17, 15) is 4.79 Å². The SMILES string of the molecule is Cc1ccc(OCCN(C)C(=O)c2csc(-c3ccc(C)cc3)n2)cc1. The van der Waals surface area contributed by atoms with Crippen LogP contribution in [0, 0.1) is 13.8 Å². The second kappa shape index (κ2) is 8.15. The van der Waals surface area contributed by atoms with Crippen LogP contribution in [0.5, 0.6) is 5.75 Å². The molecule has 0 aliphatic heterocycles. The molecule has 0 aliphatic rings.